The smallest absolute Gasteiger partial charge is 0.407 e. The highest BCUT2D eigenvalue weighted by molar-refractivity contribution is 6.35. The molecule has 3 N–H and O–H groups in total. The Bertz CT molecular complexity index is 840. The van der Waals surface area contributed by atoms with Gasteiger partial charge in [0.1, 0.15) is 11.4 Å². The van der Waals surface area contributed by atoms with E-state index in [2.05, 4.69) is 10.3 Å². The summed E-state index contributed by atoms with van der Waals surface area (Å²) in [6.07, 6.45) is -0.547. The van der Waals surface area contributed by atoms with Crippen molar-refractivity contribution >= 4 is 28.6 Å². The van der Waals surface area contributed by atoms with E-state index in [1.54, 1.807) is 45.9 Å². The van der Waals surface area contributed by atoms with Crippen molar-refractivity contribution in [2.24, 2.45) is 5.73 Å². The molecule has 0 aliphatic heterocycles. The molecule has 0 fully saturated rings. The zero-order valence-electron chi connectivity index (χ0n) is 14.8. The van der Waals surface area contributed by atoms with Crippen molar-refractivity contribution in [1.82, 2.24) is 14.9 Å². The molecule has 1 aromatic carbocycles. The number of carbonyl (C=O) groups excluding carboxylic acids is 1. The summed E-state index contributed by atoms with van der Waals surface area (Å²) in [5, 5.41) is 3.29. The first kappa shape index (κ1) is 19.2. The number of carbonyl (C=O) groups is 1. The van der Waals surface area contributed by atoms with Gasteiger partial charge >= 0.3 is 6.09 Å². The number of halogens is 1. The molecule has 25 heavy (non-hydrogen) atoms. The number of fused-ring (bicyclic) bond motifs is 1. The summed E-state index contributed by atoms with van der Waals surface area (Å²) in [5.74, 6) is 0.436. The fourth-order valence-corrected chi connectivity index (χ4v) is 2.64. The number of ether oxygens (including phenoxy) is 1. The van der Waals surface area contributed by atoms with E-state index in [1.165, 1.54) is 4.57 Å². The van der Waals surface area contributed by atoms with Crippen LogP contribution in [-0.2, 0) is 11.3 Å². The van der Waals surface area contributed by atoms with Gasteiger partial charge in [-0.15, -0.1) is 0 Å². The SMILES string of the molecule is C[C@H](N)c1nc2cccc(Cl)c2c(=O)n1CCNC(=O)OC(C)(C)C. The van der Waals surface area contributed by atoms with Crippen molar-refractivity contribution in [2.45, 2.75) is 45.9 Å². The minimum atomic E-state index is -0.587. The number of alkyl carbamates (subject to hydrolysis) is 1. The van der Waals surface area contributed by atoms with Crippen molar-refractivity contribution in [3.63, 3.8) is 0 Å². The Kier molecular flexibility index (Phi) is 5.69. The molecule has 1 aromatic heterocycles. The lowest BCUT2D eigenvalue weighted by Gasteiger charge is -2.20. The monoisotopic (exact) mass is 366 g/mol. The van der Waals surface area contributed by atoms with Gasteiger partial charge in [0, 0.05) is 13.1 Å². The number of nitrogens with zero attached hydrogens (tertiary/aromatic N) is 2. The number of aromatic nitrogens is 2. The zero-order chi connectivity index (χ0) is 18.8. The van der Waals surface area contributed by atoms with Gasteiger partial charge in [-0.1, -0.05) is 17.7 Å². The maximum atomic E-state index is 12.8. The molecule has 0 radical (unpaired) electrons. The van der Waals surface area contributed by atoms with Crippen LogP contribution >= 0.6 is 11.6 Å². The lowest BCUT2D eigenvalue weighted by molar-refractivity contribution is 0.0526. The average molecular weight is 367 g/mol. The molecule has 8 heteroatoms. The van der Waals surface area contributed by atoms with Gasteiger partial charge in [0.05, 0.1) is 22.0 Å². The molecule has 0 bridgehead atoms. The van der Waals surface area contributed by atoms with Crippen LogP contribution in [0.15, 0.2) is 23.0 Å². The minimum absolute atomic E-state index is 0.201. The highest BCUT2D eigenvalue weighted by atomic mass is 35.5. The summed E-state index contributed by atoms with van der Waals surface area (Å²) in [6, 6.07) is 4.65. The van der Waals surface area contributed by atoms with E-state index in [1.807, 2.05) is 0 Å². The number of hydrogen-bond acceptors (Lipinski definition) is 5. The fourth-order valence-electron chi connectivity index (χ4n) is 2.39. The molecular formula is C17H23ClN4O3. The summed E-state index contributed by atoms with van der Waals surface area (Å²) in [4.78, 5) is 29.0. The fraction of sp³-hybridized carbons (Fsp3) is 0.471. The van der Waals surface area contributed by atoms with Gasteiger partial charge in [-0.05, 0) is 39.8 Å². The highest BCUT2D eigenvalue weighted by Gasteiger charge is 2.18. The van der Waals surface area contributed by atoms with Crippen LogP contribution in [0.2, 0.25) is 5.02 Å². The van der Waals surface area contributed by atoms with E-state index < -0.39 is 17.7 Å². The molecule has 2 aromatic rings. The van der Waals surface area contributed by atoms with E-state index in [9.17, 15) is 9.59 Å². The number of rotatable bonds is 4. The van der Waals surface area contributed by atoms with Crippen LogP contribution in [0.3, 0.4) is 0 Å². The largest absolute Gasteiger partial charge is 0.444 e. The summed E-state index contributed by atoms with van der Waals surface area (Å²) in [5.41, 5.74) is 5.59. The second-order valence-electron chi connectivity index (χ2n) is 6.78. The first-order chi connectivity index (χ1) is 11.6. The van der Waals surface area contributed by atoms with Gasteiger partial charge < -0.3 is 15.8 Å². The maximum Gasteiger partial charge on any atom is 0.407 e. The molecule has 1 atom stereocenters. The second kappa shape index (κ2) is 7.41. The van der Waals surface area contributed by atoms with Crippen molar-refractivity contribution < 1.29 is 9.53 Å². The Morgan fingerprint density at radius 3 is 2.72 bits per heavy atom. The van der Waals surface area contributed by atoms with Crippen molar-refractivity contribution in [1.29, 1.82) is 0 Å². The molecule has 0 saturated carbocycles. The van der Waals surface area contributed by atoms with Gasteiger partial charge in [-0.2, -0.15) is 0 Å². The van der Waals surface area contributed by atoms with Crippen molar-refractivity contribution in [2.75, 3.05) is 6.54 Å². The average Bonchev–Trinajstić information content (AvgIpc) is 2.47. The Labute approximate surface area is 151 Å². The van der Waals surface area contributed by atoms with Crippen LogP contribution in [0.25, 0.3) is 10.9 Å². The molecule has 136 valence electrons. The number of hydrogen-bond donors (Lipinski definition) is 2. The summed E-state index contributed by atoms with van der Waals surface area (Å²) in [7, 11) is 0. The van der Waals surface area contributed by atoms with Gasteiger partial charge in [0.15, 0.2) is 0 Å². The molecule has 0 spiro atoms. The molecule has 2 rings (SSSR count). The van der Waals surface area contributed by atoms with E-state index in [-0.39, 0.29) is 18.6 Å². The Morgan fingerprint density at radius 1 is 1.44 bits per heavy atom. The van der Waals surface area contributed by atoms with E-state index in [0.29, 0.717) is 21.7 Å². The Balaban J connectivity index is 2.29. The van der Waals surface area contributed by atoms with E-state index in [0.717, 1.165) is 0 Å². The van der Waals surface area contributed by atoms with Crippen LogP contribution in [0.4, 0.5) is 4.79 Å². The molecule has 7 nitrogen and oxygen atoms in total. The molecule has 1 amide bonds. The van der Waals surface area contributed by atoms with Crippen LogP contribution in [0.1, 0.15) is 39.6 Å². The van der Waals surface area contributed by atoms with Crippen LogP contribution in [0, 0.1) is 0 Å². The maximum absolute atomic E-state index is 12.8. The predicted molar refractivity (Wildman–Crippen MR) is 97.9 cm³/mol. The van der Waals surface area contributed by atoms with Gasteiger partial charge in [-0.3, -0.25) is 9.36 Å². The Morgan fingerprint density at radius 2 is 2.12 bits per heavy atom. The van der Waals surface area contributed by atoms with Gasteiger partial charge in [0.2, 0.25) is 0 Å². The van der Waals surface area contributed by atoms with Gasteiger partial charge in [0.25, 0.3) is 5.56 Å². The lowest BCUT2D eigenvalue weighted by atomic mass is 10.2. The third kappa shape index (κ3) is 4.70. The van der Waals surface area contributed by atoms with Gasteiger partial charge in [-0.25, -0.2) is 9.78 Å². The number of amides is 1. The summed E-state index contributed by atoms with van der Waals surface area (Å²) < 4.78 is 6.61. The first-order valence-corrected chi connectivity index (χ1v) is 8.39. The number of benzene rings is 1. The van der Waals surface area contributed by atoms with Crippen molar-refractivity contribution in [3.8, 4) is 0 Å². The second-order valence-corrected chi connectivity index (χ2v) is 7.19. The Hall–Kier alpha value is -2.12. The lowest BCUT2D eigenvalue weighted by Crippen LogP contribution is -2.37. The molecule has 0 aliphatic carbocycles. The molecule has 1 heterocycles. The predicted octanol–water partition coefficient (Wildman–Crippen LogP) is 2.59. The molecular weight excluding hydrogens is 344 g/mol. The molecule has 0 saturated heterocycles. The highest BCUT2D eigenvalue weighted by Crippen LogP contribution is 2.20. The van der Waals surface area contributed by atoms with E-state index in [4.69, 9.17) is 22.1 Å². The first-order valence-electron chi connectivity index (χ1n) is 8.01. The minimum Gasteiger partial charge on any atom is -0.444 e. The standard InChI is InChI=1S/C17H23ClN4O3/c1-10(19)14-21-12-7-5-6-11(18)13(12)15(23)22(14)9-8-20-16(24)25-17(2,3)4/h5-7,10H,8-9,19H2,1-4H3,(H,20,24)/t10-/m0/s1. The summed E-state index contributed by atoms with van der Waals surface area (Å²) >= 11 is 6.15. The number of nitrogens with one attached hydrogen (secondary N) is 1. The zero-order valence-corrected chi connectivity index (χ0v) is 15.6. The van der Waals surface area contributed by atoms with Crippen LogP contribution in [-0.4, -0.2) is 27.8 Å². The molecule has 0 aliphatic rings. The third-order valence-corrected chi connectivity index (χ3v) is 3.69. The topological polar surface area (TPSA) is 99.2 Å². The van der Waals surface area contributed by atoms with E-state index >= 15 is 0 Å². The third-order valence-electron chi connectivity index (χ3n) is 3.37. The van der Waals surface area contributed by atoms with Crippen LogP contribution < -0.4 is 16.6 Å². The quantitative estimate of drug-likeness (QED) is 0.866. The summed E-state index contributed by atoms with van der Waals surface area (Å²) in [6.45, 7) is 7.49. The molecule has 0 unspecified atom stereocenters. The van der Waals surface area contributed by atoms with Crippen LogP contribution in [0.5, 0.6) is 0 Å². The number of nitrogens with two attached hydrogens (primary N) is 1. The van der Waals surface area contributed by atoms with Crippen molar-refractivity contribution in [3.05, 3.63) is 39.4 Å². The normalized spacial score (nSPS) is 12.9.